The van der Waals surface area contributed by atoms with Crippen LogP contribution in [0.25, 0.3) is 32.7 Å². The van der Waals surface area contributed by atoms with Crippen LogP contribution in [0.3, 0.4) is 0 Å². The first-order valence-electron chi connectivity index (χ1n) is 16.8. The van der Waals surface area contributed by atoms with Crippen molar-refractivity contribution in [3.8, 4) is 11.1 Å². The van der Waals surface area contributed by atoms with Gasteiger partial charge in [-0.05, 0) is 94.5 Å². The van der Waals surface area contributed by atoms with Crippen LogP contribution < -0.4 is 9.80 Å². The number of fused-ring (bicyclic) bond motifs is 2. The van der Waals surface area contributed by atoms with E-state index in [4.69, 9.17) is 0 Å². The summed E-state index contributed by atoms with van der Waals surface area (Å²) in [6, 6.07) is 67.3. The summed E-state index contributed by atoms with van der Waals surface area (Å²) in [5.41, 5.74) is 10.4. The highest BCUT2D eigenvalue weighted by molar-refractivity contribution is 6.01. The van der Waals surface area contributed by atoms with E-state index >= 15 is 0 Å². The van der Waals surface area contributed by atoms with E-state index in [1.807, 2.05) is 6.08 Å². The summed E-state index contributed by atoms with van der Waals surface area (Å²) >= 11 is 0. The minimum absolute atomic E-state index is 0.838. The fourth-order valence-corrected chi connectivity index (χ4v) is 6.89. The maximum Gasteiger partial charge on any atom is 0.0540 e. The third kappa shape index (κ3) is 5.86. The van der Waals surface area contributed by atoms with Crippen molar-refractivity contribution >= 4 is 55.7 Å². The van der Waals surface area contributed by atoms with Gasteiger partial charge in [-0.15, -0.1) is 6.58 Å². The molecule has 0 heterocycles. The van der Waals surface area contributed by atoms with Crippen LogP contribution in [0.5, 0.6) is 0 Å². The summed E-state index contributed by atoms with van der Waals surface area (Å²) in [7, 11) is 0. The molecule has 0 saturated carbocycles. The summed E-state index contributed by atoms with van der Waals surface area (Å²) < 4.78 is 0. The van der Waals surface area contributed by atoms with Gasteiger partial charge in [0.25, 0.3) is 0 Å². The quantitative estimate of drug-likeness (QED) is 0.147. The molecule has 2 heteroatoms. The molecule has 0 bridgehead atoms. The topological polar surface area (TPSA) is 6.48 Å². The number of hydrogen-bond acceptors (Lipinski definition) is 2. The molecule has 0 fully saturated rings. The van der Waals surface area contributed by atoms with Crippen molar-refractivity contribution in [2.45, 2.75) is 6.42 Å². The number of anilines is 6. The Hall–Kier alpha value is -6.38. The second-order valence-electron chi connectivity index (χ2n) is 12.2. The maximum atomic E-state index is 3.99. The van der Waals surface area contributed by atoms with E-state index in [1.165, 1.54) is 38.2 Å². The first-order valence-corrected chi connectivity index (χ1v) is 16.8. The van der Waals surface area contributed by atoms with Crippen LogP contribution in [0, 0.1) is 0 Å². The molecule has 8 rings (SSSR count). The molecule has 0 spiro atoms. The van der Waals surface area contributed by atoms with E-state index < -0.39 is 0 Å². The lowest BCUT2D eigenvalue weighted by Gasteiger charge is -2.28. The first-order chi connectivity index (χ1) is 24.3. The van der Waals surface area contributed by atoms with E-state index in [-0.39, 0.29) is 0 Å². The molecular formula is C47H36N2. The third-order valence-electron chi connectivity index (χ3n) is 9.22. The van der Waals surface area contributed by atoms with Crippen LogP contribution in [0.15, 0.2) is 201 Å². The lowest BCUT2D eigenvalue weighted by atomic mass is 9.99. The Kier molecular flexibility index (Phi) is 8.19. The van der Waals surface area contributed by atoms with Crippen molar-refractivity contribution in [1.82, 2.24) is 0 Å². The van der Waals surface area contributed by atoms with E-state index in [0.717, 1.165) is 40.5 Å². The van der Waals surface area contributed by atoms with E-state index in [0.29, 0.717) is 0 Å². The second-order valence-corrected chi connectivity index (χ2v) is 12.2. The Balaban J connectivity index is 1.16. The summed E-state index contributed by atoms with van der Waals surface area (Å²) in [5, 5.41) is 4.92. The van der Waals surface area contributed by atoms with Crippen LogP contribution in [0.4, 0.5) is 34.1 Å². The van der Waals surface area contributed by atoms with Gasteiger partial charge >= 0.3 is 0 Å². The summed E-state index contributed by atoms with van der Waals surface area (Å²) in [6.45, 7) is 3.99. The first kappa shape index (κ1) is 30.0. The smallest absolute Gasteiger partial charge is 0.0540 e. The molecule has 2 nitrogen and oxygen atoms in total. The van der Waals surface area contributed by atoms with Crippen LogP contribution in [0.2, 0.25) is 0 Å². The highest BCUT2D eigenvalue weighted by atomic mass is 15.1. The molecule has 0 unspecified atom stereocenters. The minimum Gasteiger partial charge on any atom is -0.310 e. The number of nitrogens with zero attached hydrogens (tertiary/aromatic N) is 2. The predicted molar refractivity (Wildman–Crippen MR) is 210 cm³/mol. The SMILES string of the molecule is C=CCc1ccc(N(c2ccccc2)c2ccc(-c3ccc(N(c4ccccc4)c4cccc5ccccc45)cc3)cc2)c2ccccc12. The summed E-state index contributed by atoms with van der Waals surface area (Å²) in [4.78, 5) is 4.70. The molecule has 0 aliphatic rings. The molecule has 0 amide bonds. The Morgan fingerprint density at radius 2 is 0.816 bits per heavy atom. The van der Waals surface area contributed by atoms with Crippen molar-refractivity contribution in [3.63, 3.8) is 0 Å². The van der Waals surface area contributed by atoms with Crippen LogP contribution in [0.1, 0.15) is 5.56 Å². The highest BCUT2D eigenvalue weighted by Crippen LogP contribution is 2.42. The van der Waals surface area contributed by atoms with Gasteiger partial charge in [-0.1, -0.05) is 133 Å². The Morgan fingerprint density at radius 3 is 1.39 bits per heavy atom. The molecular weight excluding hydrogens is 593 g/mol. The van der Waals surface area contributed by atoms with Gasteiger partial charge in [-0.2, -0.15) is 0 Å². The lowest BCUT2D eigenvalue weighted by molar-refractivity contribution is 1.27. The van der Waals surface area contributed by atoms with Crippen molar-refractivity contribution in [2.75, 3.05) is 9.80 Å². The molecule has 49 heavy (non-hydrogen) atoms. The number of hydrogen-bond donors (Lipinski definition) is 0. The largest absolute Gasteiger partial charge is 0.310 e. The zero-order valence-electron chi connectivity index (χ0n) is 27.3. The van der Waals surface area contributed by atoms with Gasteiger partial charge in [0.05, 0.1) is 11.4 Å². The molecule has 234 valence electrons. The highest BCUT2D eigenvalue weighted by Gasteiger charge is 2.18. The Bertz CT molecular complexity index is 2350. The zero-order chi connectivity index (χ0) is 33.0. The molecule has 8 aromatic carbocycles. The van der Waals surface area contributed by atoms with Crippen molar-refractivity contribution in [2.24, 2.45) is 0 Å². The molecule has 0 aliphatic heterocycles. The van der Waals surface area contributed by atoms with E-state index in [1.54, 1.807) is 0 Å². The minimum atomic E-state index is 0.838. The number of allylic oxidation sites excluding steroid dienone is 1. The number of benzene rings is 8. The van der Waals surface area contributed by atoms with Gasteiger partial charge < -0.3 is 9.80 Å². The summed E-state index contributed by atoms with van der Waals surface area (Å²) in [6.07, 6.45) is 2.81. The normalized spacial score (nSPS) is 11.0. The van der Waals surface area contributed by atoms with Crippen molar-refractivity contribution in [3.05, 3.63) is 206 Å². The molecule has 0 N–H and O–H groups in total. The maximum absolute atomic E-state index is 3.99. The van der Waals surface area contributed by atoms with Crippen molar-refractivity contribution < 1.29 is 0 Å². The Labute approximate surface area is 288 Å². The molecule has 8 aromatic rings. The Morgan fingerprint density at radius 1 is 0.367 bits per heavy atom. The van der Waals surface area contributed by atoms with Crippen LogP contribution in [-0.4, -0.2) is 0 Å². The fourth-order valence-electron chi connectivity index (χ4n) is 6.89. The summed E-state index contributed by atoms with van der Waals surface area (Å²) in [5.74, 6) is 0. The number of para-hydroxylation sites is 2. The fraction of sp³-hybridized carbons (Fsp3) is 0.0213. The molecule has 0 radical (unpaired) electrons. The van der Waals surface area contributed by atoms with Gasteiger partial charge in [-0.3, -0.25) is 0 Å². The lowest BCUT2D eigenvalue weighted by Crippen LogP contribution is -2.10. The van der Waals surface area contributed by atoms with Gasteiger partial charge in [0.2, 0.25) is 0 Å². The van der Waals surface area contributed by atoms with Crippen molar-refractivity contribution in [1.29, 1.82) is 0 Å². The van der Waals surface area contributed by atoms with E-state index in [2.05, 4.69) is 204 Å². The number of rotatable bonds is 9. The molecule has 0 saturated heterocycles. The van der Waals surface area contributed by atoms with Gasteiger partial charge in [0.1, 0.15) is 0 Å². The van der Waals surface area contributed by atoms with Gasteiger partial charge in [0, 0.05) is 33.5 Å². The molecule has 0 aromatic heterocycles. The predicted octanol–water partition coefficient (Wildman–Crippen LogP) is 13.3. The zero-order valence-corrected chi connectivity index (χ0v) is 27.3. The van der Waals surface area contributed by atoms with Gasteiger partial charge in [0.15, 0.2) is 0 Å². The van der Waals surface area contributed by atoms with Gasteiger partial charge in [-0.25, -0.2) is 0 Å². The second kappa shape index (κ2) is 13.4. The van der Waals surface area contributed by atoms with Crippen LogP contribution in [-0.2, 0) is 6.42 Å². The molecule has 0 aliphatic carbocycles. The van der Waals surface area contributed by atoms with Crippen LogP contribution >= 0.6 is 0 Å². The average molecular weight is 629 g/mol. The van der Waals surface area contributed by atoms with E-state index in [9.17, 15) is 0 Å². The molecule has 0 atom stereocenters. The average Bonchev–Trinajstić information content (AvgIpc) is 3.17. The third-order valence-corrected chi connectivity index (χ3v) is 9.22. The standard InChI is InChI=1S/C47H36N2/c1-2-14-37-29-34-47(45-23-12-11-21-43(37)45)49(40-19-7-4-8-20-40)42-32-27-36(28-33-42)35-25-30-41(31-26-35)48(39-17-5-3-6-18-39)46-24-13-16-38-15-9-10-22-44(38)46/h2-13,15-34H,1,14H2. The monoisotopic (exact) mass is 628 g/mol.